The molecule has 148 valence electrons. The first-order valence-corrected chi connectivity index (χ1v) is 9.41. The lowest BCUT2D eigenvalue weighted by atomic mass is 10.1. The largest absolute Gasteiger partial charge is 0.450 e. The van der Waals surface area contributed by atoms with Crippen LogP contribution in [-0.4, -0.2) is 64.8 Å². The molecule has 1 fully saturated rings. The van der Waals surface area contributed by atoms with Crippen molar-refractivity contribution >= 4 is 17.8 Å². The zero-order chi connectivity index (χ0) is 19.9. The zero-order valence-electron chi connectivity index (χ0n) is 16.2. The van der Waals surface area contributed by atoms with Crippen LogP contribution >= 0.6 is 0 Å². The second kappa shape index (κ2) is 9.16. The van der Waals surface area contributed by atoms with Gasteiger partial charge in [0.2, 0.25) is 0 Å². The van der Waals surface area contributed by atoms with Gasteiger partial charge in [-0.05, 0) is 31.5 Å². The van der Waals surface area contributed by atoms with Crippen LogP contribution in [0.25, 0.3) is 0 Å². The highest BCUT2D eigenvalue weighted by molar-refractivity contribution is 5.92. The molecule has 1 aliphatic rings. The van der Waals surface area contributed by atoms with E-state index in [2.05, 4.69) is 34.6 Å². The van der Waals surface area contributed by atoms with Gasteiger partial charge in [0.15, 0.2) is 5.69 Å². The van der Waals surface area contributed by atoms with E-state index in [4.69, 9.17) is 4.74 Å². The van der Waals surface area contributed by atoms with Gasteiger partial charge < -0.3 is 19.9 Å². The van der Waals surface area contributed by atoms with Crippen molar-refractivity contribution < 1.29 is 14.3 Å². The summed E-state index contributed by atoms with van der Waals surface area (Å²) in [5.41, 5.74) is 2.65. The molecule has 28 heavy (non-hydrogen) atoms. The molecule has 0 aliphatic carbocycles. The molecule has 3 rings (SSSR count). The van der Waals surface area contributed by atoms with Crippen molar-refractivity contribution in [2.75, 3.05) is 38.1 Å². The zero-order valence-corrected chi connectivity index (χ0v) is 16.2. The predicted octanol–water partition coefficient (Wildman–Crippen LogP) is 2.31. The first-order chi connectivity index (χ1) is 13.6. The van der Waals surface area contributed by atoms with Crippen LogP contribution in [0.2, 0.25) is 0 Å². The van der Waals surface area contributed by atoms with E-state index in [1.54, 1.807) is 28.9 Å². The molecule has 1 aromatic carbocycles. The second-order valence-electron chi connectivity index (χ2n) is 6.62. The van der Waals surface area contributed by atoms with Crippen LogP contribution in [0, 0.1) is 6.92 Å². The number of anilines is 1. The predicted molar refractivity (Wildman–Crippen MR) is 105 cm³/mol. The van der Waals surface area contributed by atoms with E-state index in [-0.39, 0.29) is 12.0 Å². The Morgan fingerprint density at radius 3 is 2.46 bits per heavy atom. The summed E-state index contributed by atoms with van der Waals surface area (Å²) in [6.45, 7) is 6.62. The van der Waals surface area contributed by atoms with Gasteiger partial charge in [0, 0.05) is 32.7 Å². The van der Waals surface area contributed by atoms with Gasteiger partial charge in [0.25, 0.3) is 5.91 Å². The number of aryl methyl sites for hydroxylation is 1. The Balaban J connectivity index is 1.52. The summed E-state index contributed by atoms with van der Waals surface area (Å²) in [4.78, 5) is 27.6. The highest BCUT2D eigenvalue weighted by Gasteiger charge is 2.26. The maximum Gasteiger partial charge on any atom is 0.409 e. The molecule has 1 saturated heterocycles. The molecule has 2 heterocycles. The third-order valence-corrected chi connectivity index (χ3v) is 4.53. The second-order valence-corrected chi connectivity index (χ2v) is 6.62. The number of nitrogens with zero attached hydrogens (tertiary/aromatic N) is 4. The van der Waals surface area contributed by atoms with Gasteiger partial charge in [-0.25, -0.2) is 4.79 Å². The normalized spacial score (nSPS) is 13.9. The first-order valence-electron chi connectivity index (χ1n) is 9.41. The molecule has 0 saturated carbocycles. The molecule has 1 aliphatic heterocycles. The minimum atomic E-state index is -0.335. The van der Waals surface area contributed by atoms with Gasteiger partial charge >= 0.3 is 6.09 Å². The summed E-state index contributed by atoms with van der Waals surface area (Å²) in [6.07, 6.45) is -0.335. The molecule has 8 nitrogen and oxygen atoms in total. The Labute approximate surface area is 164 Å². The van der Waals surface area contributed by atoms with Crippen LogP contribution in [0.4, 0.5) is 10.6 Å². The quantitative estimate of drug-likeness (QED) is 0.853. The number of aromatic nitrogens is 2. The molecule has 0 radical (unpaired) electrons. The fourth-order valence-corrected chi connectivity index (χ4v) is 3.02. The van der Waals surface area contributed by atoms with Gasteiger partial charge in [0.05, 0.1) is 6.61 Å². The van der Waals surface area contributed by atoms with Crippen LogP contribution in [0.5, 0.6) is 0 Å². The molecule has 1 aromatic heterocycles. The number of rotatable bonds is 5. The van der Waals surface area contributed by atoms with Crippen molar-refractivity contribution in [3.8, 4) is 0 Å². The highest BCUT2D eigenvalue weighted by atomic mass is 16.6. The topological polar surface area (TPSA) is 87.7 Å². The van der Waals surface area contributed by atoms with Gasteiger partial charge in [-0.1, -0.05) is 29.8 Å². The van der Waals surface area contributed by atoms with E-state index >= 15 is 0 Å². The van der Waals surface area contributed by atoms with Crippen molar-refractivity contribution in [2.45, 2.75) is 20.4 Å². The number of amides is 2. The molecule has 2 amide bonds. The maximum atomic E-state index is 12.6. The first kappa shape index (κ1) is 19.6. The Hall–Kier alpha value is -3.16. The third-order valence-electron chi connectivity index (χ3n) is 4.53. The van der Waals surface area contributed by atoms with E-state index in [1.165, 1.54) is 5.56 Å². The molecule has 0 atom stereocenters. The van der Waals surface area contributed by atoms with E-state index in [9.17, 15) is 9.59 Å². The van der Waals surface area contributed by atoms with Crippen LogP contribution < -0.4 is 5.32 Å². The Morgan fingerprint density at radius 1 is 1.07 bits per heavy atom. The number of piperazine rings is 1. The molecule has 1 N–H and O–H groups in total. The van der Waals surface area contributed by atoms with Crippen molar-refractivity contribution in [1.29, 1.82) is 0 Å². The molecule has 0 spiro atoms. The summed E-state index contributed by atoms with van der Waals surface area (Å²) in [5, 5.41) is 11.4. The average molecular weight is 383 g/mol. The van der Waals surface area contributed by atoms with Crippen molar-refractivity contribution in [1.82, 2.24) is 20.0 Å². The van der Waals surface area contributed by atoms with Crippen LogP contribution in [-0.2, 0) is 11.3 Å². The third kappa shape index (κ3) is 4.97. The van der Waals surface area contributed by atoms with Crippen LogP contribution in [0.3, 0.4) is 0 Å². The maximum absolute atomic E-state index is 12.6. The van der Waals surface area contributed by atoms with Crippen molar-refractivity contribution in [2.24, 2.45) is 0 Å². The van der Waals surface area contributed by atoms with Gasteiger partial charge in [-0.2, -0.15) is 0 Å². The number of hydrogen-bond acceptors (Lipinski definition) is 6. The van der Waals surface area contributed by atoms with Crippen LogP contribution in [0.1, 0.15) is 28.5 Å². The monoisotopic (exact) mass is 383 g/mol. The fraction of sp³-hybridized carbons (Fsp3) is 0.400. The summed E-state index contributed by atoms with van der Waals surface area (Å²) < 4.78 is 4.99. The number of carbonyl (C=O) groups is 2. The lowest BCUT2D eigenvalue weighted by molar-refractivity contribution is 0.0565. The van der Waals surface area contributed by atoms with E-state index < -0.39 is 0 Å². The number of nitrogens with one attached hydrogen (secondary N) is 1. The lowest BCUT2D eigenvalue weighted by Gasteiger charge is -2.33. The van der Waals surface area contributed by atoms with Crippen molar-refractivity contribution in [3.05, 3.63) is 53.2 Å². The van der Waals surface area contributed by atoms with Gasteiger partial charge in [-0.15, -0.1) is 10.2 Å². The van der Waals surface area contributed by atoms with E-state index in [0.717, 1.165) is 5.56 Å². The van der Waals surface area contributed by atoms with Gasteiger partial charge in [-0.3, -0.25) is 4.79 Å². The minimum absolute atomic E-state index is 0.179. The van der Waals surface area contributed by atoms with E-state index in [0.29, 0.717) is 50.8 Å². The smallest absolute Gasteiger partial charge is 0.409 e. The summed E-state index contributed by atoms with van der Waals surface area (Å²) in [5.74, 6) is 0.437. The SMILES string of the molecule is CCOC(=O)N1CCN(C(=O)c2ccc(NCc3cccc(C)c3)nn2)CC1. The average Bonchev–Trinajstić information content (AvgIpc) is 2.72. The Morgan fingerprint density at radius 2 is 1.82 bits per heavy atom. The number of benzene rings is 1. The number of ether oxygens (including phenoxy) is 1. The fourth-order valence-electron chi connectivity index (χ4n) is 3.02. The standard InChI is InChI=1S/C20H25N5O3/c1-3-28-20(27)25-11-9-24(10-12-25)19(26)17-7-8-18(23-22-17)21-14-16-6-4-5-15(2)13-16/h4-8,13H,3,9-12,14H2,1-2H3,(H,21,23). The number of carbonyl (C=O) groups excluding carboxylic acids is 2. The molecule has 0 unspecified atom stereocenters. The van der Waals surface area contributed by atoms with E-state index in [1.807, 2.05) is 12.1 Å². The Kier molecular flexibility index (Phi) is 6.41. The van der Waals surface area contributed by atoms with Crippen molar-refractivity contribution in [3.63, 3.8) is 0 Å². The van der Waals surface area contributed by atoms with Gasteiger partial charge in [0.1, 0.15) is 5.82 Å². The summed E-state index contributed by atoms with van der Waals surface area (Å²) >= 11 is 0. The Bertz CT molecular complexity index is 817. The summed E-state index contributed by atoms with van der Waals surface area (Å²) in [6, 6.07) is 11.6. The molecular weight excluding hydrogens is 358 g/mol. The molecule has 8 heteroatoms. The molecular formula is C20H25N5O3. The highest BCUT2D eigenvalue weighted by Crippen LogP contribution is 2.11. The number of hydrogen-bond donors (Lipinski definition) is 1. The molecule has 0 bridgehead atoms. The minimum Gasteiger partial charge on any atom is -0.450 e. The van der Waals surface area contributed by atoms with Crippen LogP contribution in [0.15, 0.2) is 36.4 Å². The molecule has 2 aromatic rings. The summed E-state index contributed by atoms with van der Waals surface area (Å²) in [7, 11) is 0. The lowest BCUT2D eigenvalue weighted by Crippen LogP contribution is -2.50.